The van der Waals surface area contributed by atoms with Crippen LogP contribution in [0.25, 0.3) is 0 Å². The molecule has 2 aromatic rings. The molecule has 4 aliphatic rings. The summed E-state index contributed by atoms with van der Waals surface area (Å²) in [6.45, 7) is 0. The molecule has 0 aromatic heterocycles. The maximum Gasteiger partial charge on any atom is 0.343 e. The van der Waals surface area contributed by atoms with E-state index >= 15 is 0 Å². The molecule has 0 aliphatic heterocycles. The minimum absolute atomic E-state index is 0.0480. The van der Waals surface area contributed by atoms with Crippen LogP contribution in [0, 0.1) is 34.4 Å². The molecule has 0 unspecified atom stereocenters. The highest BCUT2D eigenvalue weighted by molar-refractivity contribution is 14.1. The van der Waals surface area contributed by atoms with E-state index in [0.717, 1.165) is 48.2 Å². The van der Waals surface area contributed by atoms with Gasteiger partial charge in [-0.3, -0.25) is 4.55 Å². The van der Waals surface area contributed by atoms with Crippen LogP contribution in [0.15, 0.2) is 35.2 Å². The summed E-state index contributed by atoms with van der Waals surface area (Å²) in [6.07, 6.45) is 5.77. The van der Waals surface area contributed by atoms with Crippen molar-refractivity contribution in [3.63, 3.8) is 0 Å². The SMILES string of the molecule is O=C(Oc1ccc(S(=O)(=O)O)c(C2C3CC4CC(C3)CC2C4)c1)c1cc(I)c(I)c(I)c1. The van der Waals surface area contributed by atoms with Crippen LogP contribution in [0.2, 0.25) is 0 Å². The highest BCUT2D eigenvalue weighted by Crippen LogP contribution is 2.60. The molecule has 170 valence electrons. The predicted molar refractivity (Wildman–Crippen MR) is 146 cm³/mol. The van der Waals surface area contributed by atoms with Gasteiger partial charge in [-0.1, -0.05) is 0 Å². The van der Waals surface area contributed by atoms with Crippen LogP contribution in [0.3, 0.4) is 0 Å². The third-order valence-electron chi connectivity index (χ3n) is 7.28. The van der Waals surface area contributed by atoms with E-state index in [9.17, 15) is 17.8 Å². The molecule has 9 heteroatoms. The zero-order valence-corrected chi connectivity index (χ0v) is 24.2. The quantitative estimate of drug-likeness (QED) is 0.126. The van der Waals surface area contributed by atoms with Crippen molar-refractivity contribution in [3.05, 3.63) is 52.2 Å². The summed E-state index contributed by atoms with van der Waals surface area (Å²) in [6, 6.07) is 8.11. The minimum atomic E-state index is -4.37. The number of ether oxygens (including phenoxy) is 1. The number of hydrogen-bond acceptors (Lipinski definition) is 4. The van der Waals surface area contributed by atoms with Gasteiger partial charge < -0.3 is 4.74 Å². The predicted octanol–water partition coefficient (Wildman–Crippen LogP) is 6.51. The van der Waals surface area contributed by atoms with Crippen molar-refractivity contribution < 1.29 is 22.5 Å². The highest BCUT2D eigenvalue weighted by atomic mass is 127. The normalized spacial score (nSPS) is 28.7. The summed E-state index contributed by atoms with van der Waals surface area (Å²) < 4.78 is 43.0. The fraction of sp³-hybridized carbons (Fsp3) is 0.435. The molecular weight excluding hydrogens is 769 g/mol. The summed E-state index contributed by atoms with van der Waals surface area (Å²) in [5, 5.41) is 0. The topological polar surface area (TPSA) is 80.7 Å². The van der Waals surface area contributed by atoms with Crippen molar-refractivity contribution in [1.29, 1.82) is 0 Å². The first-order chi connectivity index (χ1) is 15.1. The Morgan fingerprint density at radius 2 is 1.47 bits per heavy atom. The zero-order valence-electron chi connectivity index (χ0n) is 16.9. The Bertz CT molecular complexity index is 1160. The number of carbonyl (C=O) groups is 1. The lowest BCUT2D eigenvalue weighted by Crippen LogP contribution is -2.44. The molecule has 4 aliphatic carbocycles. The van der Waals surface area contributed by atoms with Crippen LogP contribution >= 0.6 is 67.8 Å². The summed E-state index contributed by atoms with van der Waals surface area (Å²) in [7, 11) is -4.37. The molecule has 0 saturated heterocycles. The molecular formula is C23H21I3O5S. The van der Waals surface area contributed by atoms with Gasteiger partial charge in [0, 0.05) is 10.7 Å². The molecule has 2 aromatic carbocycles. The van der Waals surface area contributed by atoms with Gasteiger partial charge in [-0.25, -0.2) is 4.79 Å². The standard InChI is InChI=1S/C23H21I3O5S/c24-18-8-15(9-19(25)22(18)26)23(27)31-16-1-2-20(32(28,29)30)17(10-16)21-13-4-11-3-12(6-13)7-14(21)5-11/h1-2,8-14,21H,3-7H2,(H,28,29,30). The van der Waals surface area contributed by atoms with E-state index in [4.69, 9.17) is 4.74 Å². The van der Waals surface area contributed by atoms with Gasteiger partial charge in [-0.15, -0.1) is 0 Å². The molecule has 5 nitrogen and oxygen atoms in total. The van der Waals surface area contributed by atoms with Gasteiger partial charge in [-0.05, 0) is 165 Å². The van der Waals surface area contributed by atoms with Crippen LogP contribution in [-0.2, 0) is 10.1 Å². The number of benzene rings is 2. The lowest BCUT2D eigenvalue weighted by Gasteiger charge is -2.54. The average Bonchev–Trinajstić information content (AvgIpc) is 2.70. The van der Waals surface area contributed by atoms with E-state index in [0.29, 0.717) is 28.7 Å². The molecule has 4 bridgehead atoms. The maximum atomic E-state index is 12.8. The third kappa shape index (κ3) is 4.49. The number of carbonyl (C=O) groups excluding carboxylic acids is 1. The van der Waals surface area contributed by atoms with Crippen molar-refractivity contribution in [2.45, 2.75) is 42.9 Å². The second-order valence-corrected chi connectivity index (χ2v) is 14.1. The van der Waals surface area contributed by atoms with E-state index in [1.165, 1.54) is 18.6 Å². The third-order valence-corrected chi connectivity index (χ3v) is 13.1. The second-order valence-electron chi connectivity index (χ2n) is 9.27. The molecule has 4 saturated carbocycles. The Balaban J connectivity index is 1.50. The summed E-state index contributed by atoms with van der Waals surface area (Å²) in [5.41, 5.74) is 1.06. The summed E-state index contributed by atoms with van der Waals surface area (Å²) >= 11 is 6.63. The van der Waals surface area contributed by atoms with Crippen molar-refractivity contribution in [1.82, 2.24) is 0 Å². The van der Waals surface area contributed by atoms with Gasteiger partial charge in [0.15, 0.2) is 0 Å². The minimum Gasteiger partial charge on any atom is -0.423 e. The van der Waals surface area contributed by atoms with Gasteiger partial charge in [-0.2, -0.15) is 8.42 Å². The van der Waals surface area contributed by atoms with E-state index in [1.807, 2.05) is 0 Å². The molecule has 4 fully saturated rings. The van der Waals surface area contributed by atoms with Crippen LogP contribution in [0.5, 0.6) is 5.75 Å². The summed E-state index contributed by atoms with van der Waals surface area (Å²) in [4.78, 5) is 12.8. The van der Waals surface area contributed by atoms with Crippen LogP contribution in [0.1, 0.15) is 53.9 Å². The van der Waals surface area contributed by atoms with E-state index in [-0.39, 0.29) is 10.8 Å². The average molecular weight is 790 g/mol. The summed E-state index contributed by atoms with van der Waals surface area (Å²) in [5.74, 6) is 2.26. The first-order valence-corrected chi connectivity index (χ1v) is 15.3. The van der Waals surface area contributed by atoms with Gasteiger partial charge in [0.25, 0.3) is 10.1 Å². The maximum absolute atomic E-state index is 12.8. The van der Waals surface area contributed by atoms with E-state index < -0.39 is 16.1 Å². The molecule has 6 rings (SSSR count). The number of hydrogen-bond donors (Lipinski definition) is 1. The molecule has 0 amide bonds. The number of rotatable bonds is 4. The highest BCUT2D eigenvalue weighted by Gasteiger charge is 2.49. The number of halogens is 3. The molecule has 1 N–H and O–H groups in total. The molecule has 0 heterocycles. The van der Waals surface area contributed by atoms with Gasteiger partial charge in [0.05, 0.1) is 10.5 Å². The first kappa shape index (κ1) is 23.7. The fourth-order valence-corrected chi connectivity index (χ4v) is 9.17. The van der Waals surface area contributed by atoms with Crippen molar-refractivity contribution in [2.75, 3.05) is 0 Å². The van der Waals surface area contributed by atoms with Gasteiger partial charge in [0.2, 0.25) is 0 Å². The lowest BCUT2D eigenvalue weighted by molar-refractivity contribution is -0.00373. The molecule has 0 radical (unpaired) electrons. The van der Waals surface area contributed by atoms with Crippen LogP contribution in [-0.4, -0.2) is 18.9 Å². The van der Waals surface area contributed by atoms with Crippen molar-refractivity contribution >= 4 is 83.9 Å². The zero-order chi connectivity index (χ0) is 22.8. The van der Waals surface area contributed by atoms with Gasteiger partial charge >= 0.3 is 5.97 Å². The fourth-order valence-electron chi connectivity index (χ4n) is 6.36. The van der Waals surface area contributed by atoms with Crippen LogP contribution in [0.4, 0.5) is 0 Å². The second kappa shape index (κ2) is 8.90. The largest absolute Gasteiger partial charge is 0.423 e. The Morgan fingerprint density at radius 3 is 2.00 bits per heavy atom. The molecule has 0 spiro atoms. The van der Waals surface area contributed by atoms with Crippen molar-refractivity contribution in [2.24, 2.45) is 23.7 Å². The molecule has 32 heavy (non-hydrogen) atoms. The number of esters is 1. The Morgan fingerprint density at radius 1 is 0.906 bits per heavy atom. The molecule has 0 atom stereocenters. The van der Waals surface area contributed by atoms with E-state index in [1.54, 1.807) is 18.2 Å². The van der Waals surface area contributed by atoms with E-state index in [2.05, 4.69) is 67.8 Å². The van der Waals surface area contributed by atoms with Crippen molar-refractivity contribution in [3.8, 4) is 5.75 Å². The smallest absolute Gasteiger partial charge is 0.343 e. The Kier molecular flexibility index (Phi) is 6.60. The Labute approximate surface area is 228 Å². The van der Waals surface area contributed by atoms with Gasteiger partial charge in [0.1, 0.15) is 5.75 Å². The van der Waals surface area contributed by atoms with Crippen LogP contribution < -0.4 is 4.74 Å². The lowest BCUT2D eigenvalue weighted by atomic mass is 9.51. The first-order valence-electron chi connectivity index (χ1n) is 10.6. The Hall–Kier alpha value is 0.0100. The monoisotopic (exact) mass is 790 g/mol.